The van der Waals surface area contributed by atoms with E-state index < -0.39 is 0 Å². The van der Waals surface area contributed by atoms with Crippen LogP contribution in [-0.2, 0) is 4.74 Å². The van der Waals surface area contributed by atoms with Crippen molar-refractivity contribution in [2.24, 2.45) is 0 Å². The molecule has 0 saturated carbocycles. The van der Waals surface area contributed by atoms with E-state index in [1.165, 1.54) is 5.57 Å². The number of hydrogen-bond acceptors (Lipinski definition) is 3. The summed E-state index contributed by atoms with van der Waals surface area (Å²) in [6, 6.07) is 0.305. The number of dihydropyridines is 1. The van der Waals surface area contributed by atoms with Crippen LogP contribution in [-0.4, -0.2) is 31.6 Å². The second-order valence-electron chi connectivity index (χ2n) is 3.48. The molecule has 0 bridgehead atoms. The Kier molecular flexibility index (Phi) is 2.54. The fourth-order valence-electron chi connectivity index (χ4n) is 1.66. The third kappa shape index (κ3) is 1.66. The first-order valence-electron chi connectivity index (χ1n) is 4.50. The Morgan fingerprint density at radius 1 is 1.64 bits per heavy atom. The van der Waals surface area contributed by atoms with Gasteiger partial charge in [0, 0.05) is 13.6 Å². The number of hydrogen-bond donors (Lipinski definition) is 1. The second kappa shape index (κ2) is 3.69. The summed E-state index contributed by atoms with van der Waals surface area (Å²) in [6.07, 6.45) is 6.32. The van der Waals surface area contributed by atoms with Crippen molar-refractivity contribution in [2.45, 2.75) is 6.04 Å². The van der Waals surface area contributed by atoms with Crippen molar-refractivity contribution < 1.29 is 4.74 Å². The Labute approximate surface area is 92.2 Å². The normalized spacial score (nSPS) is 25.5. The molecule has 0 amide bonds. The fraction of sp³-hybridized carbons (Fsp3) is 0.400. The first kappa shape index (κ1) is 9.65. The summed E-state index contributed by atoms with van der Waals surface area (Å²) < 4.78 is 6.16. The van der Waals surface area contributed by atoms with Crippen LogP contribution < -0.4 is 5.32 Å². The van der Waals surface area contributed by atoms with Crippen LogP contribution in [0, 0.1) is 0 Å². The molecular formula is C10H13BrN2O. The van der Waals surface area contributed by atoms with Crippen molar-refractivity contribution >= 4 is 15.9 Å². The third-order valence-electron chi connectivity index (χ3n) is 2.40. The molecule has 2 rings (SSSR count). The van der Waals surface area contributed by atoms with Gasteiger partial charge in [0.1, 0.15) is 10.4 Å². The van der Waals surface area contributed by atoms with Crippen molar-refractivity contribution in [1.82, 2.24) is 10.2 Å². The number of fused-ring (bicyclic) bond motifs is 1. The molecule has 0 saturated heterocycles. The van der Waals surface area contributed by atoms with Crippen LogP contribution in [0.5, 0.6) is 0 Å². The molecule has 1 atom stereocenters. The minimum Gasteiger partial charge on any atom is -0.494 e. The molecule has 0 aromatic carbocycles. The molecule has 76 valence electrons. The van der Waals surface area contributed by atoms with Gasteiger partial charge in [0.15, 0.2) is 0 Å². The first-order chi connectivity index (χ1) is 6.70. The van der Waals surface area contributed by atoms with Crippen LogP contribution in [0.25, 0.3) is 0 Å². The van der Waals surface area contributed by atoms with Gasteiger partial charge < -0.3 is 15.0 Å². The number of allylic oxidation sites excluding steroid dienone is 1. The van der Waals surface area contributed by atoms with Crippen molar-refractivity contribution in [3.63, 3.8) is 0 Å². The zero-order chi connectivity index (χ0) is 10.1. The van der Waals surface area contributed by atoms with Crippen LogP contribution in [0.3, 0.4) is 0 Å². The van der Waals surface area contributed by atoms with Gasteiger partial charge in [0.05, 0.1) is 13.2 Å². The van der Waals surface area contributed by atoms with E-state index in [0.29, 0.717) is 6.04 Å². The lowest BCUT2D eigenvalue weighted by atomic mass is 10.0. The van der Waals surface area contributed by atoms with E-state index in [1.807, 2.05) is 0 Å². The Balaban J connectivity index is 2.28. The van der Waals surface area contributed by atoms with E-state index in [-0.39, 0.29) is 0 Å². The van der Waals surface area contributed by atoms with Crippen LogP contribution >= 0.6 is 15.9 Å². The fourth-order valence-corrected chi connectivity index (χ4v) is 2.18. The molecule has 14 heavy (non-hydrogen) atoms. The number of halogens is 1. The number of nitrogens with zero attached hydrogens (tertiary/aromatic N) is 1. The smallest absolute Gasteiger partial charge is 0.149 e. The molecule has 2 aliphatic heterocycles. The van der Waals surface area contributed by atoms with Crippen molar-refractivity contribution in [3.8, 4) is 0 Å². The SMILES string of the molecule is COC1=C(Br)NC2C=CN(C)CC2=C1. The Bertz CT molecular complexity index is 333. The molecule has 0 aliphatic carbocycles. The van der Waals surface area contributed by atoms with Crippen molar-refractivity contribution in [3.05, 3.63) is 34.3 Å². The van der Waals surface area contributed by atoms with Crippen LogP contribution in [0.4, 0.5) is 0 Å². The maximum absolute atomic E-state index is 5.24. The quantitative estimate of drug-likeness (QED) is 0.721. The third-order valence-corrected chi connectivity index (χ3v) is 3.02. The summed E-state index contributed by atoms with van der Waals surface area (Å²) in [7, 11) is 3.74. The Morgan fingerprint density at radius 2 is 2.43 bits per heavy atom. The maximum atomic E-state index is 5.24. The van der Waals surface area contributed by atoms with Gasteiger partial charge in [0.25, 0.3) is 0 Å². The maximum Gasteiger partial charge on any atom is 0.149 e. The van der Waals surface area contributed by atoms with Gasteiger partial charge in [0.2, 0.25) is 0 Å². The van der Waals surface area contributed by atoms with Gasteiger partial charge in [-0.3, -0.25) is 0 Å². The molecule has 0 aromatic heterocycles. The molecule has 2 aliphatic rings. The average Bonchev–Trinajstić information content (AvgIpc) is 2.17. The lowest BCUT2D eigenvalue weighted by molar-refractivity contribution is 0.297. The summed E-state index contributed by atoms with van der Waals surface area (Å²) in [5.41, 5.74) is 1.33. The predicted octanol–water partition coefficient (Wildman–Crippen LogP) is 1.55. The molecule has 2 heterocycles. The molecule has 0 fully saturated rings. The molecule has 3 nitrogen and oxygen atoms in total. The topological polar surface area (TPSA) is 24.5 Å². The Morgan fingerprint density at radius 3 is 3.14 bits per heavy atom. The Hall–Kier alpha value is -0.900. The molecular weight excluding hydrogens is 244 g/mol. The zero-order valence-electron chi connectivity index (χ0n) is 8.25. The number of likely N-dealkylation sites (N-methyl/N-ethyl adjacent to an activating group) is 1. The van der Waals surface area contributed by atoms with Gasteiger partial charge in [-0.15, -0.1) is 0 Å². The lowest BCUT2D eigenvalue weighted by Gasteiger charge is -2.31. The monoisotopic (exact) mass is 256 g/mol. The molecule has 1 N–H and O–H groups in total. The van der Waals surface area contributed by atoms with Gasteiger partial charge in [-0.25, -0.2) is 0 Å². The van der Waals surface area contributed by atoms with Crippen LogP contribution in [0.1, 0.15) is 0 Å². The van der Waals surface area contributed by atoms with Crippen molar-refractivity contribution in [2.75, 3.05) is 20.7 Å². The van der Waals surface area contributed by atoms with E-state index in [1.54, 1.807) is 7.11 Å². The number of rotatable bonds is 1. The van der Waals surface area contributed by atoms with E-state index in [2.05, 4.69) is 51.5 Å². The highest BCUT2D eigenvalue weighted by Gasteiger charge is 2.22. The van der Waals surface area contributed by atoms with E-state index in [0.717, 1.165) is 16.9 Å². The summed E-state index contributed by atoms with van der Waals surface area (Å²) in [6.45, 7) is 0.946. The number of ether oxygens (including phenoxy) is 1. The minimum atomic E-state index is 0.305. The second-order valence-corrected chi connectivity index (χ2v) is 4.27. The first-order valence-corrected chi connectivity index (χ1v) is 5.29. The summed E-state index contributed by atoms with van der Waals surface area (Å²) in [5, 5.41) is 3.33. The van der Waals surface area contributed by atoms with E-state index in [9.17, 15) is 0 Å². The molecule has 0 spiro atoms. The van der Waals surface area contributed by atoms with Crippen LogP contribution in [0.15, 0.2) is 34.3 Å². The van der Waals surface area contributed by atoms with Crippen LogP contribution in [0.2, 0.25) is 0 Å². The summed E-state index contributed by atoms with van der Waals surface area (Å²) in [4.78, 5) is 2.15. The number of nitrogens with one attached hydrogen (secondary N) is 1. The van der Waals surface area contributed by atoms with Gasteiger partial charge in [-0.1, -0.05) is 0 Å². The molecule has 1 unspecified atom stereocenters. The summed E-state index contributed by atoms with van der Waals surface area (Å²) in [5.74, 6) is 0.861. The average molecular weight is 257 g/mol. The standard InChI is InChI=1S/C10H13BrN2O/c1-13-4-3-8-7(6-13)5-9(14-2)10(11)12-8/h3-5,8,12H,6H2,1-2H3. The highest BCUT2D eigenvalue weighted by Crippen LogP contribution is 2.24. The predicted molar refractivity (Wildman–Crippen MR) is 59.7 cm³/mol. The minimum absolute atomic E-state index is 0.305. The van der Waals surface area contributed by atoms with Crippen molar-refractivity contribution in [1.29, 1.82) is 0 Å². The highest BCUT2D eigenvalue weighted by atomic mass is 79.9. The summed E-state index contributed by atoms with van der Waals surface area (Å²) >= 11 is 3.44. The number of methoxy groups -OCH3 is 1. The van der Waals surface area contributed by atoms with Gasteiger partial charge >= 0.3 is 0 Å². The lowest BCUT2D eigenvalue weighted by Crippen LogP contribution is -2.38. The molecule has 0 radical (unpaired) electrons. The van der Waals surface area contributed by atoms with E-state index in [4.69, 9.17) is 4.74 Å². The molecule has 0 aromatic rings. The van der Waals surface area contributed by atoms with Gasteiger partial charge in [-0.05, 0) is 39.9 Å². The highest BCUT2D eigenvalue weighted by molar-refractivity contribution is 9.11. The van der Waals surface area contributed by atoms with Gasteiger partial charge in [-0.2, -0.15) is 0 Å². The molecule has 4 heteroatoms. The van der Waals surface area contributed by atoms with E-state index >= 15 is 0 Å². The zero-order valence-corrected chi connectivity index (χ0v) is 9.84. The largest absolute Gasteiger partial charge is 0.494 e.